The van der Waals surface area contributed by atoms with Crippen molar-refractivity contribution in [3.05, 3.63) is 59.9 Å². The summed E-state index contributed by atoms with van der Waals surface area (Å²) < 4.78 is 0. The van der Waals surface area contributed by atoms with Crippen LogP contribution in [0.15, 0.2) is 48.7 Å². The van der Waals surface area contributed by atoms with Crippen LogP contribution in [-0.4, -0.2) is 40.8 Å². The maximum Gasteiger partial charge on any atom is 0.274 e. The standard InChI is InChI=1S/C25H32N4O2/c30-24(27-21-8-2-1-3-9-21)20-12-15-29(16-13-20)18-19-7-6-10-22(17-19)28-25(31)23-11-4-5-14-26-23/h4-7,10-11,14,17,20-21H,1-3,8-9,12-13,15-16,18H2,(H,27,30)(H,28,31). The molecule has 2 N–H and O–H groups in total. The van der Waals surface area contributed by atoms with E-state index in [1.165, 1.54) is 19.3 Å². The van der Waals surface area contributed by atoms with Crippen molar-refractivity contribution < 1.29 is 9.59 Å². The molecule has 2 heterocycles. The van der Waals surface area contributed by atoms with E-state index >= 15 is 0 Å². The van der Waals surface area contributed by atoms with Gasteiger partial charge < -0.3 is 10.6 Å². The highest BCUT2D eigenvalue weighted by molar-refractivity contribution is 6.02. The molecule has 1 saturated carbocycles. The van der Waals surface area contributed by atoms with Crippen molar-refractivity contribution in [2.75, 3.05) is 18.4 Å². The van der Waals surface area contributed by atoms with Crippen molar-refractivity contribution in [1.29, 1.82) is 0 Å². The molecule has 0 radical (unpaired) electrons. The van der Waals surface area contributed by atoms with Gasteiger partial charge in [0.05, 0.1) is 0 Å². The molecule has 4 rings (SSSR count). The lowest BCUT2D eigenvalue weighted by Gasteiger charge is -2.32. The number of carbonyl (C=O) groups excluding carboxylic acids is 2. The number of amides is 2. The van der Waals surface area contributed by atoms with Crippen LogP contribution in [0.3, 0.4) is 0 Å². The number of hydrogen-bond acceptors (Lipinski definition) is 4. The number of rotatable bonds is 6. The molecule has 0 spiro atoms. The monoisotopic (exact) mass is 420 g/mol. The lowest BCUT2D eigenvalue weighted by Crippen LogP contribution is -2.44. The number of carbonyl (C=O) groups is 2. The van der Waals surface area contributed by atoms with Gasteiger partial charge in [0.1, 0.15) is 5.69 Å². The first-order valence-electron chi connectivity index (χ1n) is 11.5. The number of hydrogen-bond donors (Lipinski definition) is 2. The highest BCUT2D eigenvalue weighted by atomic mass is 16.2. The second-order valence-electron chi connectivity index (χ2n) is 8.76. The fraction of sp³-hybridized carbons (Fsp3) is 0.480. The van der Waals surface area contributed by atoms with Gasteiger partial charge in [-0.15, -0.1) is 0 Å². The van der Waals surface area contributed by atoms with E-state index in [-0.39, 0.29) is 17.7 Å². The summed E-state index contributed by atoms with van der Waals surface area (Å²) in [7, 11) is 0. The summed E-state index contributed by atoms with van der Waals surface area (Å²) in [6.07, 6.45) is 9.50. The zero-order valence-electron chi connectivity index (χ0n) is 18.1. The molecule has 2 aliphatic rings. The van der Waals surface area contributed by atoms with Crippen LogP contribution in [0, 0.1) is 5.92 Å². The van der Waals surface area contributed by atoms with Gasteiger partial charge in [-0.2, -0.15) is 0 Å². The first-order valence-corrected chi connectivity index (χ1v) is 11.5. The maximum atomic E-state index is 12.6. The molecule has 0 unspecified atom stereocenters. The molecule has 2 amide bonds. The van der Waals surface area contributed by atoms with E-state index in [0.717, 1.165) is 56.6 Å². The molecule has 0 bridgehead atoms. The molecule has 1 aliphatic heterocycles. The SMILES string of the molecule is O=C(Nc1cccc(CN2CCC(C(=O)NC3CCCCC3)CC2)c1)c1ccccn1. The van der Waals surface area contributed by atoms with Crippen LogP contribution < -0.4 is 10.6 Å². The van der Waals surface area contributed by atoms with Gasteiger partial charge in [0.25, 0.3) is 5.91 Å². The molecular weight excluding hydrogens is 388 g/mol. The van der Waals surface area contributed by atoms with E-state index in [1.54, 1.807) is 24.4 Å². The molecule has 1 aromatic heterocycles. The minimum atomic E-state index is -0.206. The summed E-state index contributed by atoms with van der Waals surface area (Å²) in [5, 5.41) is 6.21. The number of piperidine rings is 1. The third-order valence-corrected chi connectivity index (χ3v) is 6.40. The molecule has 1 saturated heterocycles. The lowest BCUT2D eigenvalue weighted by molar-refractivity contribution is -0.127. The van der Waals surface area contributed by atoms with Crippen LogP contribution >= 0.6 is 0 Å². The van der Waals surface area contributed by atoms with Crippen LogP contribution in [0.2, 0.25) is 0 Å². The number of nitrogens with zero attached hydrogens (tertiary/aromatic N) is 2. The largest absolute Gasteiger partial charge is 0.353 e. The van der Waals surface area contributed by atoms with Crippen LogP contribution in [-0.2, 0) is 11.3 Å². The summed E-state index contributed by atoms with van der Waals surface area (Å²) in [4.78, 5) is 31.4. The summed E-state index contributed by atoms with van der Waals surface area (Å²) in [5.41, 5.74) is 2.33. The smallest absolute Gasteiger partial charge is 0.274 e. The number of likely N-dealkylation sites (tertiary alicyclic amines) is 1. The number of anilines is 1. The van der Waals surface area contributed by atoms with Gasteiger partial charge in [0, 0.05) is 30.4 Å². The first-order chi connectivity index (χ1) is 15.2. The Morgan fingerprint density at radius 2 is 1.77 bits per heavy atom. The maximum absolute atomic E-state index is 12.6. The van der Waals surface area contributed by atoms with E-state index in [2.05, 4.69) is 26.6 Å². The lowest BCUT2D eigenvalue weighted by atomic mass is 9.92. The minimum absolute atomic E-state index is 0.141. The van der Waals surface area contributed by atoms with Crippen LogP contribution in [0.25, 0.3) is 0 Å². The van der Waals surface area contributed by atoms with Gasteiger partial charge >= 0.3 is 0 Å². The predicted octanol–water partition coefficient (Wildman–Crippen LogP) is 3.99. The molecule has 164 valence electrons. The third-order valence-electron chi connectivity index (χ3n) is 6.40. The molecule has 0 atom stereocenters. The minimum Gasteiger partial charge on any atom is -0.353 e. The molecule has 2 aromatic rings. The Bertz CT molecular complexity index is 872. The highest BCUT2D eigenvalue weighted by Crippen LogP contribution is 2.23. The van der Waals surface area contributed by atoms with E-state index < -0.39 is 0 Å². The second-order valence-corrected chi connectivity index (χ2v) is 8.76. The van der Waals surface area contributed by atoms with Gasteiger partial charge in [0.15, 0.2) is 0 Å². The number of pyridine rings is 1. The Labute approximate surface area is 184 Å². The summed E-state index contributed by atoms with van der Waals surface area (Å²) in [6, 6.07) is 13.6. The van der Waals surface area contributed by atoms with Gasteiger partial charge in [-0.1, -0.05) is 37.5 Å². The van der Waals surface area contributed by atoms with Crippen molar-refractivity contribution in [2.24, 2.45) is 5.92 Å². The van der Waals surface area contributed by atoms with Crippen molar-refractivity contribution in [1.82, 2.24) is 15.2 Å². The van der Waals surface area contributed by atoms with Crippen LogP contribution in [0.5, 0.6) is 0 Å². The van der Waals surface area contributed by atoms with Crippen molar-refractivity contribution >= 4 is 17.5 Å². The highest BCUT2D eigenvalue weighted by Gasteiger charge is 2.27. The van der Waals surface area contributed by atoms with Crippen molar-refractivity contribution in [3.63, 3.8) is 0 Å². The van der Waals surface area contributed by atoms with Gasteiger partial charge in [-0.25, -0.2) is 0 Å². The fourth-order valence-electron chi connectivity index (χ4n) is 4.62. The Kier molecular flexibility index (Phi) is 7.30. The summed E-state index contributed by atoms with van der Waals surface area (Å²) in [6.45, 7) is 2.67. The molecular formula is C25H32N4O2. The molecule has 6 heteroatoms. The average Bonchev–Trinajstić information content (AvgIpc) is 2.81. The second kappa shape index (κ2) is 10.5. The van der Waals surface area contributed by atoms with E-state index in [4.69, 9.17) is 0 Å². The molecule has 2 fully saturated rings. The Hall–Kier alpha value is -2.73. The zero-order chi connectivity index (χ0) is 21.5. The van der Waals surface area contributed by atoms with Gasteiger partial charge in [-0.05, 0) is 68.6 Å². The van der Waals surface area contributed by atoms with E-state index in [1.807, 2.05) is 18.2 Å². The number of nitrogens with one attached hydrogen (secondary N) is 2. The van der Waals surface area contributed by atoms with E-state index in [0.29, 0.717) is 11.7 Å². The van der Waals surface area contributed by atoms with Crippen molar-refractivity contribution in [3.8, 4) is 0 Å². The number of aromatic nitrogens is 1. The quantitative estimate of drug-likeness (QED) is 0.741. The predicted molar refractivity (Wildman–Crippen MR) is 122 cm³/mol. The average molecular weight is 421 g/mol. The summed E-state index contributed by atoms with van der Waals surface area (Å²) in [5.74, 6) is 0.190. The zero-order valence-corrected chi connectivity index (χ0v) is 18.1. The molecule has 6 nitrogen and oxygen atoms in total. The van der Waals surface area contributed by atoms with Crippen molar-refractivity contribution in [2.45, 2.75) is 57.5 Å². The van der Waals surface area contributed by atoms with Gasteiger partial charge in [0.2, 0.25) is 5.91 Å². The first kappa shape index (κ1) is 21.5. The fourth-order valence-corrected chi connectivity index (χ4v) is 4.62. The van der Waals surface area contributed by atoms with Crippen LogP contribution in [0.1, 0.15) is 61.0 Å². The summed E-state index contributed by atoms with van der Waals surface area (Å²) >= 11 is 0. The van der Waals surface area contributed by atoms with Crippen LogP contribution in [0.4, 0.5) is 5.69 Å². The molecule has 1 aliphatic carbocycles. The normalized spacial score (nSPS) is 18.5. The Morgan fingerprint density at radius 1 is 0.968 bits per heavy atom. The van der Waals surface area contributed by atoms with E-state index in [9.17, 15) is 9.59 Å². The topological polar surface area (TPSA) is 74.3 Å². The Balaban J connectivity index is 1.25. The van der Waals surface area contributed by atoms with Gasteiger partial charge in [-0.3, -0.25) is 19.5 Å². The molecule has 1 aromatic carbocycles. The molecule has 31 heavy (non-hydrogen) atoms. The third kappa shape index (κ3) is 6.14. The number of benzene rings is 1. The Morgan fingerprint density at radius 3 is 2.52 bits per heavy atom.